The largest absolute Gasteiger partial charge is 0.490 e. The van der Waals surface area contributed by atoms with Crippen LogP contribution in [0.1, 0.15) is 63.5 Å². The minimum absolute atomic E-state index is 0.114. The molecule has 0 aliphatic heterocycles. The van der Waals surface area contributed by atoms with Crippen molar-refractivity contribution in [2.45, 2.75) is 70.8 Å². The second-order valence-corrected chi connectivity index (χ2v) is 7.78. The van der Waals surface area contributed by atoms with Crippen LogP contribution in [0.2, 0.25) is 0 Å². The average molecular weight is 366 g/mol. The molecule has 0 bridgehead atoms. The molecule has 0 spiro atoms. The molecule has 1 saturated carbocycles. The van der Waals surface area contributed by atoms with E-state index in [4.69, 9.17) is 4.74 Å². The lowest BCUT2D eigenvalue weighted by Gasteiger charge is -2.36. The molecule has 1 aliphatic carbocycles. The maximum Gasteiger partial charge on any atom is 0.235 e. The van der Waals surface area contributed by atoms with Crippen LogP contribution in [-0.4, -0.2) is 12.0 Å². The van der Waals surface area contributed by atoms with Gasteiger partial charge in [0.25, 0.3) is 0 Å². The number of amides is 1. The predicted octanol–water partition coefficient (Wildman–Crippen LogP) is 6.01. The van der Waals surface area contributed by atoms with Crippen LogP contribution in [0.25, 0.3) is 0 Å². The van der Waals surface area contributed by atoms with Crippen LogP contribution in [0.4, 0.5) is 5.69 Å². The highest BCUT2D eigenvalue weighted by Crippen LogP contribution is 2.40. The van der Waals surface area contributed by atoms with Gasteiger partial charge in [-0.2, -0.15) is 0 Å². The lowest BCUT2D eigenvalue weighted by Crippen LogP contribution is -2.42. The maximum atomic E-state index is 13.4. The summed E-state index contributed by atoms with van der Waals surface area (Å²) in [6, 6.07) is 16.2. The van der Waals surface area contributed by atoms with Crippen molar-refractivity contribution in [1.82, 2.24) is 0 Å². The molecule has 2 aromatic rings. The van der Waals surface area contributed by atoms with E-state index in [0.717, 1.165) is 54.7 Å². The number of anilines is 1. The molecule has 144 valence electrons. The van der Waals surface area contributed by atoms with Gasteiger partial charge in [0.1, 0.15) is 5.75 Å². The summed E-state index contributed by atoms with van der Waals surface area (Å²) in [6.07, 6.45) is 6.40. The lowest BCUT2D eigenvalue weighted by atomic mass is 9.68. The Morgan fingerprint density at radius 3 is 2.44 bits per heavy atom. The Bertz CT molecular complexity index is 763. The van der Waals surface area contributed by atoms with E-state index in [-0.39, 0.29) is 12.0 Å². The Balaban J connectivity index is 1.81. The third-order valence-electron chi connectivity index (χ3n) is 5.80. The molecule has 1 atom stereocenters. The molecule has 0 heterocycles. The molecule has 3 heteroatoms. The molecule has 27 heavy (non-hydrogen) atoms. The van der Waals surface area contributed by atoms with E-state index < -0.39 is 5.41 Å². The molecule has 1 N–H and O–H groups in total. The number of aryl methyl sites for hydroxylation is 1. The normalized spacial score (nSPS) is 17.1. The molecule has 2 aromatic carbocycles. The summed E-state index contributed by atoms with van der Waals surface area (Å²) in [4.78, 5) is 13.4. The first-order valence-corrected chi connectivity index (χ1v) is 10.2. The van der Waals surface area contributed by atoms with Gasteiger partial charge in [-0.05, 0) is 62.4 Å². The van der Waals surface area contributed by atoms with Gasteiger partial charge in [-0.1, -0.05) is 56.5 Å². The molecular weight excluding hydrogens is 334 g/mol. The van der Waals surface area contributed by atoms with Gasteiger partial charge < -0.3 is 10.1 Å². The van der Waals surface area contributed by atoms with E-state index in [1.54, 1.807) is 0 Å². The fourth-order valence-electron chi connectivity index (χ4n) is 3.97. The number of ether oxygens (including phenoxy) is 1. The summed E-state index contributed by atoms with van der Waals surface area (Å²) in [5, 5.41) is 3.19. The summed E-state index contributed by atoms with van der Waals surface area (Å²) < 4.78 is 5.95. The second-order valence-electron chi connectivity index (χ2n) is 7.78. The summed E-state index contributed by atoms with van der Waals surface area (Å²) in [5.41, 5.74) is 2.61. The smallest absolute Gasteiger partial charge is 0.235 e. The molecule has 3 nitrogen and oxygen atoms in total. The van der Waals surface area contributed by atoms with E-state index in [1.807, 2.05) is 43.3 Å². The van der Waals surface area contributed by atoms with Gasteiger partial charge in [-0.25, -0.2) is 0 Å². The van der Waals surface area contributed by atoms with Gasteiger partial charge in [0.05, 0.1) is 11.5 Å². The van der Waals surface area contributed by atoms with Crippen molar-refractivity contribution in [3.63, 3.8) is 0 Å². The molecular formula is C24H31NO2. The average Bonchev–Trinajstić information content (AvgIpc) is 2.71. The van der Waals surface area contributed by atoms with Crippen LogP contribution in [0, 0.1) is 6.92 Å². The zero-order chi connectivity index (χ0) is 19.3. The lowest BCUT2D eigenvalue weighted by molar-refractivity contribution is -0.122. The first-order chi connectivity index (χ1) is 13.0. The predicted molar refractivity (Wildman–Crippen MR) is 111 cm³/mol. The molecule has 3 rings (SSSR count). The van der Waals surface area contributed by atoms with Crippen molar-refractivity contribution in [1.29, 1.82) is 0 Å². The van der Waals surface area contributed by atoms with Gasteiger partial charge in [-0.3, -0.25) is 4.79 Å². The van der Waals surface area contributed by atoms with Crippen molar-refractivity contribution in [3.05, 3.63) is 59.7 Å². The number of rotatable bonds is 6. The summed E-state index contributed by atoms with van der Waals surface area (Å²) in [5.74, 6) is 1.00. The Labute approximate surface area is 163 Å². The zero-order valence-electron chi connectivity index (χ0n) is 16.8. The van der Waals surface area contributed by atoms with Crippen LogP contribution in [0.3, 0.4) is 0 Å². The Kier molecular flexibility index (Phi) is 6.20. The molecule has 0 saturated heterocycles. The van der Waals surface area contributed by atoms with E-state index in [1.165, 1.54) is 6.42 Å². The third-order valence-corrected chi connectivity index (χ3v) is 5.80. The monoisotopic (exact) mass is 365 g/mol. The summed E-state index contributed by atoms with van der Waals surface area (Å²) in [6.45, 7) is 6.21. The first kappa shape index (κ1) is 19.5. The maximum absolute atomic E-state index is 13.4. The molecule has 1 aliphatic rings. The number of nitrogens with one attached hydrogen (secondary N) is 1. The number of carbonyl (C=O) groups excluding carboxylic acids is 1. The highest BCUT2D eigenvalue weighted by molar-refractivity contribution is 5.99. The van der Waals surface area contributed by atoms with E-state index >= 15 is 0 Å². The van der Waals surface area contributed by atoms with Crippen LogP contribution in [0.5, 0.6) is 5.75 Å². The van der Waals surface area contributed by atoms with Crippen LogP contribution >= 0.6 is 0 Å². The van der Waals surface area contributed by atoms with Gasteiger partial charge in [0.2, 0.25) is 5.91 Å². The Hall–Kier alpha value is -2.29. The molecule has 0 radical (unpaired) electrons. The number of hydrogen-bond acceptors (Lipinski definition) is 2. The number of hydrogen-bond donors (Lipinski definition) is 1. The van der Waals surface area contributed by atoms with E-state index in [2.05, 4.69) is 31.3 Å². The van der Waals surface area contributed by atoms with Crippen molar-refractivity contribution in [3.8, 4) is 5.75 Å². The molecule has 1 fully saturated rings. The molecule has 1 unspecified atom stereocenters. The van der Waals surface area contributed by atoms with Crippen LogP contribution < -0.4 is 10.1 Å². The highest BCUT2D eigenvalue weighted by Gasteiger charge is 2.41. The number of carbonyl (C=O) groups is 1. The van der Waals surface area contributed by atoms with E-state index in [9.17, 15) is 4.79 Å². The van der Waals surface area contributed by atoms with Crippen LogP contribution in [-0.2, 0) is 10.2 Å². The first-order valence-electron chi connectivity index (χ1n) is 10.2. The van der Waals surface area contributed by atoms with Crippen molar-refractivity contribution >= 4 is 11.6 Å². The van der Waals surface area contributed by atoms with Crippen molar-refractivity contribution in [2.24, 2.45) is 0 Å². The zero-order valence-corrected chi connectivity index (χ0v) is 16.8. The summed E-state index contributed by atoms with van der Waals surface area (Å²) >= 11 is 0. The van der Waals surface area contributed by atoms with Crippen molar-refractivity contribution in [2.75, 3.05) is 5.32 Å². The third kappa shape index (κ3) is 4.35. The van der Waals surface area contributed by atoms with E-state index in [0.29, 0.717) is 0 Å². The molecule has 1 amide bonds. The Morgan fingerprint density at radius 2 is 1.81 bits per heavy atom. The van der Waals surface area contributed by atoms with Gasteiger partial charge in [0.15, 0.2) is 0 Å². The molecule has 0 aromatic heterocycles. The fourth-order valence-corrected chi connectivity index (χ4v) is 3.97. The second kappa shape index (κ2) is 8.60. The fraction of sp³-hybridized carbons (Fsp3) is 0.458. The topological polar surface area (TPSA) is 38.3 Å². The summed E-state index contributed by atoms with van der Waals surface area (Å²) in [7, 11) is 0. The van der Waals surface area contributed by atoms with Gasteiger partial charge >= 0.3 is 0 Å². The minimum Gasteiger partial charge on any atom is -0.490 e. The minimum atomic E-state index is -0.417. The number of benzene rings is 2. The highest BCUT2D eigenvalue weighted by atomic mass is 16.5. The Morgan fingerprint density at radius 1 is 1.11 bits per heavy atom. The van der Waals surface area contributed by atoms with Gasteiger partial charge in [0, 0.05) is 5.69 Å². The SMILES string of the molecule is CCC(C)Oc1ccc(NC(=O)C2(c3ccccc3)CCCCC2)cc1C. The van der Waals surface area contributed by atoms with Crippen LogP contribution in [0.15, 0.2) is 48.5 Å². The quantitative estimate of drug-likeness (QED) is 0.680. The van der Waals surface area contributed by atoms with Gasteiger partial charge in [-0.15, -0.1) is 0 Å². The standard InChI is InChI=1S/C24H31NO2/c1-4-19(3)27-22-14-13-21(17-18(22)2)25-23(26)24(15-9-6-10-16-24)20-11-7-5-8-12-20/h5,7-8,11-14,17,19H,4,6,9-10,15-16H2,1-3H3,(H,25,26). The van der Waals surface area contributed by atoms with Crippen molar-refractivity contribution < 1.29 is 9.53 Å².